The highest BCUT2D eigenvalue weighted by Crippen LogP contribution is 2.11. The fourth-order valence-electron chi connectivity index (χ4n) is 0.763. The van der Waals surface area contributed by atoms with Crippen molar-refractivity contribution >= 4 is 28.2 Å². The topological polar surface area (TPSA) is 56.0 Å². The molecule has 1 rings (SSSR count). The van der Waals surface area contributed by atoms with Gasteiger partial charge in [0, 0.05) is 11.6 Å². The summed E-state index contributed by atoms with van der Waals surface area (Å²) in [6.07, 6.45) is 1.56. The number of nitrogens with two attached hydrogens (primary N) is 1. The van der Waals surface area contributed by atoms with Gasteiger partial charge in [-0.2, -0.15) is 0 Å². The summed E-state index contributed by atoms with van der Waals surface area (Å²) < 4.78 is 10.1. The SMILES string of the molecule is N[C@H](C=S=O)c1ccnc(Cl)c1. The van der Waals surface area contributed by atoms with Crippen molar-refractivity contribution in [1.29, 1.82) is 0 Å². The zero-order valence-corrected chi connectivity index (χ0v) is 7.68. The fraction of sp³-hybridized carbons (Fsp3) is 0.143. The van der Waals surface area contributed by atoms with E-state index in [1.54, 1.807) is 18.3 Å². The van der Waals surface area contributed by atoms with E-state index in [2.05, 4.69) is 4.98 Å². The molecule has 3 nitrogen and oxygen atoms in total. The molecule has 0 fully saturated rings. The summed E-state index contributed by atoms with van der Waals surface area (Å²) in [5.74, 6) is 0. The molecule has 0 unspecified atom stereocenters. The smallest absolute Gasteiger partial charge is 0.129 e. The van der Waals surface area contributed by atoms with E-state index in [0.29, 0.717) is 16.4 Å². The summed E-state index contributed by atoms with van der Waals surface area (Å²) in [6.45, 7) is 0. The molecule has 1 heterocycles. The molecule has 12 heavy (non-hydrogen) atoms. The highest BCUT2D eigenvalue weighted by Gasteiger charge is 2.02. The van der Waals surface area contributed by atoms with Crippen molar-refractivity contribution in [2.75, 3.05) is 0 Å². The number of pyridine rings is 1. The number of nitrogens with zero attached hydrogens (tertiary/aromatic N) is 1. The van der Waals surface area contributed by atoms with E-state index >= 15 is 0 Å². The van der Waals surface area contributed by atoms with Crippen molar-refractivity contribution < 1.29 is 4.21 Å². The van der Waals surface area contributed by atoms with Gasteiger partial charge in [-0.1, -0.05) is 11.6 Å². The first-order chi connectivity index (χ1) is 5.74. The Morgan fingerprint density at radius 2 is 2.50 bits per heavy atom. The first kappa shape index (κ1) is 9.38. The molecule has 0 aliphatic rings. The fourth-order valence-corrected chi connectivity index (χ4v) is 1.22. The Balaban J connectivity index is 2.94. The molecule has 5 heteroatoms. The Kier molecular flexibility index (Phi) is 3.40. The molecular formula is C7H7ClN2OS. The maximum atomic E-state index is 10.1. The van der Waals surface area contributed by atoms with E-state index in [1.807, 2.05) is 0 Å². The van der Waals surface area contributed by atoms with Crippen molar-refractivity contribution in [3.63, 3.8) is 0 Å². The van der Waals surface area contributed by atoms with E-state index in [9.17, 15) is 4.21 Å². The average Bonchev–Trinajstić information content (AvgIpc) is 2.05. The van der Waals surface area contributed by atoms with E-state index in [-0.39, 0.29) is 6.04 Å². The molecule has 0 aliphatic heterocycles. The van der Waals surface area contributed by atoms with Crippen LogP contribution in [0.15, 0.2) is 18.3 Å². The van der Waals surface area contributed by atoms with Crippen LogP contribution in [0.1, 0.15) is 11.6 Å². The Hall–Kier alpha value is -0.710. The molecule has 1 atom stereocenters. The number of rotatable bonds is 2. The zero-order valence-electron chi connectivity index (χ0n) is 6.11. The van der Waals surface area contributed by atoms with E-state index in [0.717, 1.165) is 5.56 Å². The Morgan fingerprint density at radius 3 is 3.08 bits per heavy atom. The molecule has 0 radical (unpaired) electrons. The lowest BCUT2D eigenvalue weighted by molar-refractivity contribution is 0.701. The van der Waals surface area contributed by atoms with Gasteiger partial charge < -0.3 is 5.73 Å². The summed E-state index contributed by atoms with van der Waals surface area (Å²) >= 11 is 5.97. The number of aromatic nitrogens is 1. The second-order valence-electron chi connectivity index (χ2n) is 2.17. The van der Waals surface area contributed by atoms with Gasteiger partial charge in [0.25, 0.3) is 0 Å². The summed E-state index contributed by atoms with van der Waals surface area (Å²) in [4.78, 5) is 3.79. The van der Waals surface area contributed by atoms with Gasteiger partial charge in [-0.05, 0) is 17.7 Å². The van der Waals surface area contributed by atoms with Crippen LogP contribution in [-0.4, -0.2) is 14.6 Å². The maximum absolute atomic E-state index is 10.1. The van der Waals surface area contributed by atoms with E-state index in [4.69, 9.17) is 17.3 Å². The molecule has 0 saturated heterocycles. The van der Waals surface area contributed by atoms with Crippen molar-refractivity contribution in [2.24, 2.45) is 5.73 Å². The molecular weight excluding hydrogens is 196 g/mol. The van der Waals surface area contributed by atoms with E-state index < -0.39 is 0 Å². The minimum Gasteiger partial charge on any atom is -0.320 e. The largest absolute Gasteiger partial charge is 0.320 e. The average molecular weight is 203 g/mol. The van der Waals surface area contributed by atoms with Crippen LogP contribution in [0.4, 0.5) is 0 Å². The zero-order chi connectivity index (χ0) is 8.97. The lowest BCUT2D eigenvalue weighted by atomic mass is 10.1. The van der Waals surface area contributed by atoms with Crippen LogP contribution in [0.25, 0.3) is 0 Å². The lowest BCUT2D eigenvalue weighted by Gasteiger charge is -2.03. The molecule has 0 amide bonds. The Bertz CT molecular complexity index is 325. The van der Waals surface area contributed by atoms with Crippen molar-refractivity contribution in [2.45, 2.75) is 6.04 Å². The third-order valence-corrected chi connectivity index (χ3v) is 1.95. The molecule has 0 bridgehead atoms. The van der Waals surface area contributed by atoms with Gasteiger partial charge in [0.05, 0.1) is 17.3 Å². The molecule has 0 aliphatic carbocycles. The van der Waals surface area contributed by atoms with Gasteiger partial charge in [-0.15, -0.1) is 0 Å². The lowest BCUT2D eigenvalue weighted by Crippen LogP contribution is -2.11. The number of hydrogen-bond acceptors (Lipinski definition) is 3. The first-order valence-corrected chi connectivity index (χ1v) is 4.41. The van der Waals surface area contributed by atoms with Crippen LogP contribution in [0.2, 0.25) is 5.15 Å². The molecule has 1 aromatic heterocycles. The summed E-state index contributed by atoms with van der Waals surface area (Å²) in [6, 6.07) is 2.98. The number of halogens is 1. The predicted molar refractivity (Wildman–Crippen MR) is 50.4 cm³/mol. The summed E-state index contributed by atoms with van der Waals surface area (Å²) in [5, 5.41) is 1.78. The molecule has 2 N–H and O–H groups in total. The third-order valence-electron chi connectivity index (χ3n) is 1.34. The highest BCUT2D eigenvalue weighted by atomic mass is 35.5. The predicted octanol–water partition coefficient (Wildman–Crippen LogP) is 0.750. The molecule has 0 spiro atoms. The van der Waals surface area contributed by atoms with Gasteiger partial charge in [0.1, 0.15) is 5.15 Å². The normalized spacial score (nSPS) is 12.2. The molecule has 1 aromatic rings. The van der Waals surface area contributed by atoms with Crippen molar-refractivity contribution in [3.8, 4) is 0 Å². The quantitative estimate of drug-likeness (QED) is 0.569. The van der Waals surface area contributed by atoms with Gasteiger partial charge >= 0.3 is 0 Å². The van der Waals surface area contributed by atoms with Crippen molar-refractivity contribution in [1.82, 2.24) is 4.98 Å². The minimum atomic E-state index is -0.381. The van der Waals surface area contributed by atoms with Crippen LogP contribution in [0, 0.1) is 0 Å². The highest BCUT2D eigenvalue weighted by molar-refractivity contribution is 7.64. The van der Waals surface area contributed by atoms with Gasteiger partial charge in [0.2, 0.25) is 0 Å². The minimum absolute atomic E-state index is 0.347. The monoisotopic (exact) mass is 202 g/mol. The maximum Gasteiger partial charge on any atom is 0.129 e. The molecule has 0 aromatic carbocycles. The van der Waals surface area contributed by atoms with Crippen LogP contribution in [-0.2, 0) is 11.3 Å². The van der Waals surface area contributed by atoms with Gasteiger partial charge in [0.15, 0.2) is 0 Å². The summed E-state index contributed by atoms with van der Waals surface area (Å²) in [7, 11) is 0. The first-order valence-electron chi connectivity index (χ1n) is 3.23. The van der Waals surface area contributed by atoms with Gasteiger partial charge in [-0.3, -0.25) is 0 Å². The third kappa shape index (κ3) is 2.41. The standard InChI is InChI=1S/C7H7ClN2OS/c8-7-3-5(1-2-10-7)6(9)4-12-11/h1-4,6H,9H2/t6-/m1/s1. The second kappa shape index (κ2) is 4.35. The van der Waals surface area contributed by atoms with E-state index in [1.165, 1.54) is 5.37 Å². The van der Waals surface area contributed by atoms with Crippen molar-refractivity contribution in [3.05, 3.63) is 29.0 Å². The Morgan fingerprint density at radius 1 is 1.75 bits per heavy atom. The van der Waals surface area contributed by atoms with Crippen LogP contribution < -0.4 is 5.73 Å². The molecule has 64 valence electrons. The Labute approximate surface area is 78.6 Å². The van der Waals surface area contributed by atoms with Crippen LogP contribution in [0.5, 0.6) is 0 Å². The second-order valence-corrected chi connectivity index (χ2v) is 3.02. The summed E-state index contributed by atoms with van der Waals surface area (Å²) in [5.41, 5.74) is 6.40. The van der Waals surface area contributed by atoms with Gasteiger partial charge in [-0.25, -0.2) is 9.19 Å². The van der Waals surface area contributed by atoms with Crippen LogP contribution >= 0.6 is 11.6 Å². The molecule has 0 saturated carbocycles. The van der Waals surface area contributed by atoms with Crippen LogP contribution in [0.3, 0.4) is 0 Å². The number of hydrogen-bond donors (Lipinski definition) is 1.